The summed E-state index contributed by atoms with van der Waals surface area (Å²) in [5, 5.41) is 9.60. The van der Waals surface area contributed by atoms with Gasteiger partial charge in [0.25, 0.3) is 0 Å². The SMILES string of the molecule is Cc1ccc(C)c(C(C)(CCN(C)C)C(=O)O)c1. The zero-order chi connectivity index (χ0) is 13.9. The van der Waals surface area contributed by atoms with Crippen molar-refractivity contribution in [1.29, 1.82) is 0 Å². The molecule has 1 aromatic carbocycles. The first-order chi connectivity index (χ1) is 8.27. The lowest BCUT2D eigenvalue weighted by Gasteiger charge is -2.28. The van der Waals surface area contributed by atoms with Crippen LogP contribution in [0, 0.1) is 13.8 Å². The Morgan fingerprint density at radius 3 is 2.44 bits per heavy atom. The maximum atomic E-state index is 11.7. The highest BCUT2D eigenvalue weighted by atomic mass is 16.4. The van der Waals surface area contributed by atoms with Crippen LogP contribution in [-0.2, 0) is 10.2 Å². The van der Waals surface area contributed by atoms with E-state index in [1.54, 1.807) is 0 Å². The molecule has 0 aromatic heterocycles. The van der Waals surface area contributed by atoms with Crippen LogP contribution in [0.25, 0.3) is 0 Å². The van der Waals surface area contributed by atoms with Crippen LogP contribution in [0.4, 0.5) is 0 Å². The minimum Gasteiger partial charge on any atom is -0.481 e. The van der Waals surface area contributed by atoms with E-state index in [-0.39, 0.29) is 0 Å². The summed E-state index contributed by atoms with van der Waals surface area (Å²) in [5.74, 6) is -0.752. The number of carbonyl (C=O) groups is 1. The summed E-state index contributed by atoms with van der Waals surface area (Å²) in [6.07, 6.45) is 0.611. The molecular weight excluding hydrogens is 226 g/mol. The summed E-state index contributed by atoms with van der Waals surface area (Å²) in [5.41, 5.74) is 2.26. The second-order valence-electron chi connectivity index (χ2n) is 5.51. The van der Waals surface area contributed by atoms with Gasteiger partial charge in [0.1, 0.15) is 0 Å². The molecule has 1 atom stereocenters. The van der Waals surface area contributed by atoms with Crippen molar-refractivity contribution in [1.82, 2.24) is 4.90 Å². The predicted molar refractivity (Wildman–Crippen MR) is 74.1 cm³/mol. The first kappa shape index (κ1) is 14.7. The highest BCUT2D eigenvalue weighted by Crippen LogP contribution is 2.31. The number of hydrogen-bond donors (Lipinski definition) is 1. The molecule has 0 saturated heterocycles. The van der Waals surface area contributed by atoms with Crippen molar-refractivity contribution in [2.45, 2.75) is 32.6 Å². The summed E-state index contributed by atoms with van der Waals surface area (Å²) in [4.78, 5) is 13.7. The first-order valence-electron chi connectivity index (χ1n) is 6.23. The Hall–Kier alpha value is -1.35. The maximum absolute atomic E-state index is 11.7. The summed E-state index contributed by atoms with van der Waals surface area (Å²) < 4.78 is 0. The fraction of sp³-hybridized carbons (Fsp3) is 0.533. The Labute approximate surface area is 109 Å². The van der Waals surface area contributed by atoms with Gasteiger partial charge < -0.3 is 10.0 Å². The molecule has 0 saturated carbocycles. The number of hydrogen-bond acceptors (Lipinski definition) is 2. The average molecular weight is 249 g/mol. The van der Waals surface area contributed by atoms with Crippen molar-refractivity contribution in [3.05, 3.63) is 34.9 Å². The number of nitrogens with zero attached hydrogens (tertiary/aromatic N) is 1. The van der Waals surface area contributed by atoms with Crippen LogP contribution in [0.1, 0.15) is 30.0 Å². The quantitative estimate of drug-likeness (QED) is 0.872. The molecule has 0 aliphatic heterocycles. The molecule has 3 nitrogen and oxygen atoms in total. The molecule has 1 unspecified atom stereocenters. The van der Waals surface area contributed by atoms with E-state index in [1.807, 2.05) is 58.0 Å². The number of carboxylic acid groups (broad SMARTS) is 1. The number of carboxylic acids is 1. The van der Waals surface area contributed by atoms with Gasteiger partial charge in [-0.05, 0) is 59.0 Å². The summed E-state index contributed by atoms with van der Waals surface area (Å²) >= 11 is 0. The third-order valence-corrected chi connectivity index (χ3v) is 3.52. The zero-order valence-electron chi connectivity index (χ0n) is 11.9. The van der Waals surface area contributed by atoms with E-state index in [2.05, 4.69) is 0 Å². The topological polar surface area (TPSA) is 40.5 Å². The van der Waals surface area contributed by atoms with Crippen LogP contribution in [0.2, 0.25) is 0 Å². The van der Waals surface area contributed by atoms with Crippen LogP contribution in [0.3, 0.4) is 0 Å². The highest BCUT2D eigenvalue weighted by molar-refractivity contribution is 5.81. The van der Waals surface area contributed by atoms with Crippen LogP contribution in [0.15, 0.2) is 18.2 Å². The fourth-order valence-corrected chi connectivity index (χ4v) is 2.13. The Balaban J connectivity index is 3.18. The highest BCUT2D eigenvalue weighted by Gasteiger charge is 2.36. The van der Waals surface area contributed by atoms with Gasteiger partial charge in [0.2, 0.25) is 0 Å². The monoisotopic (exact) mass is 249 g/mol. The second-order valence-corrected chi connectivity index (χ2v) is 5.51. The van der Waals surface area contributed by atoms with Gasteiger partial charge in [-0.1, -0.05) is 23.8 Å². The third-order valence-electron chi connectivity index (χ3n) is 3.52. The van der Waals surface area contributed by atoms with Crippen molar-refractivity contribution in [3.8, 4) is 0 Å². The molecule has 18 heavy (non-hydrogen) atoms. The van der Waals surface area contributed by atoms with E-state index < -0.39 is 11.4 Å². The summed E-state index contributed by atoms with van der Waals surface area (Å²) in [6.45, 7) is 6.56. The van der Waals surface area contributed by atoms with Gasteiger partial charge >= 0.3 is 5.97 Å². The lowest BCUT2D eigenvalue weighted by molar-refractivity contribution is -0.143. The Morgan fingerprint density at radius 2 is 1.94 bits per heavy atom. The van der Waals surface area contributed by atoms with Crippen LogP contribution >= 0.6 is 0 Å². The molecule has 3 heteroatoms. The van der Waals surface area contributed by atoms with E-state index in [1.165, 1.54) is 0 Å². The minimum atomic E-state index is -0.819. The Morgan fingerprint density at radius 1 is 1.33 bits per heavy atom. The molecule has 1 aromatic rings. The second kappa shape index (κ2) is 5.53. The molecule has 0 fully saturated rings. The van der Waals surface area contributed by atoms with Crippen molar-refractivity contribution in [2.75, 3.05) is 20.6 Å². The van der Waals surface area contributed by atoms with Crippen molar-refractivity contribution in [3.63, 3.8) is 0 Å². The third kappa shape index (κ3) is 3.10. The Kier molecular flexibility index (Phi) is 4.52. The lowest BCUT2D eigenvalue weighted by atomic mass is 9.77. The zero-order valence-corrected chi connectivity index (χ0v) is 11.9. The smallest absolute Gasteiger partial charge is 0.313 e. The van der Waals surface area contributed by atoms with Crippen molar-refractivity contribution < 1.29 is 9.90 Å². The normalized spacial score (nSPS) is 14.6. The molecule has 100 valence electrons. The summed E-state index contributed by atoms with van der Waals surface area (Å²) in [6, 6.07) is 6.02. The largest absolute Gasteiger partial charge is 0.481 e. The molecule has 0 amide bonds. The van der Waals surface area contributed by atoms with Gasteiger partial charge in [0, 0.05) is 0 Å². The molecule has 0 radical (unpaired) electrons. The predicted octanol–water partition coefficient (Wildman–Crippen LogP) is 2.60. The van der Waals surface area contributed by atoms with Crippen LogP contribution < -0.4 is 0 Å². The molecule has 1 N–H and O–H groups in total. The standard InChI is InChI=1S/C15H23NO2/c1-11-6-7-12(2)13(10-11)15(3,14(17)18)8-9-16(4)5/h6-7,10H,8-9H2,1-5H3,(H,17,18). The van der Waals surface area contributed by atoms with E-state index in [0.717, 1.165) is 23.2 Å². The van der Waals surface area contributed by atoms with Gasteiger partial charge in [-0.25, -0.2) is 0 Å². The van der Waals surface area contributed by atoms with Gasteiger partial charge in [-0.2, -0.15) is 0 Å². The number of benzene rings is 1. The van der Waals surface area contributed by atoms with Crippen molar-refractivity contribution in [2.24, 2.45) is 0 Å². The average Bonchev–Trinajstić information content (AvgIpc) is 2.29. The number of rotatable bonds is 5. The summed E-state index contributed by atoms with van der Waals surface area (Å²) in [7, 11) is 3.93. The first-order valence-corrected chi connectivity index (χ1v) is 6.23. The van der Waals surface area contributed by atoms with Gasteiger partial charge in [0.05, 0.1) is 5.41 Å². The van der Waals surface area contributed by atoms with E-state index in [9.17, 15) is 9.90 Å². The van der Waals surface area contributed by atoms with E-state index in [4.69, 9.17) is 0 Å². The van der Waals surface area contributed by atoms with E-state index in [0.29, 0.717) is 6.42 Å². The van der Waals surface area contributed by atoms with Gasteiger partial charge in [-0.15, -0.1) is 0 Å². The molecular formula is C15H23NO2. The van der Waals surface area contributed by atoms with Gasteiger partial charge in [0.15, 0.2) is 0 Å². The molecule has 0 spiro atoms. The lowest BCUT2D eigenvalue weighted by Crippen LogP contribution is -2.36. The molecule has 1 rings (SSSR count). The molecule has 0 bridgehead atoms. The number of aryl methyl sites for hydroxylation is 2. The van der Waals surface area contributed by atoms with Crippen LogP contribution in [0.5, 0.6) is 0 Å². The minimum absolute atomic E-state index is 0.611. The maximum Gasteiger partial charge on any atom is 0.313 e. The molecule has 0 heterocycles. The van der Waals surface area contributed by atoms with Crippen LogP contribution in [-0.4, -0.2) is 36.6 Å². The van der Waals surface area contributed by atoms with Crippen molar-refractivity contribution >= 4 is 5.97 Å². The molecule has 0 aliphatic rings. The fourth-order valence-electron chi connectivity index (χ4n) is 2.13. The Bertz CT molecular complexity index is 440. The van der Waals surface area contributed by atoms with Gasteiger partial charge in [-0.3, -0.25) is 4.79 Å². The molecule has 0 aliphatic carbocycles. The van der Waals surface area contributed by atoms with E-state index >= 15 is 0 Å². The number of aliphatic carboxylic acids is 1.